The summed E-state index contributed by atoms with van der Waals surface area (Å²) < 4.78 is 52.8. The zero-order valence-corrected chi connectivity index (χ0v) is 24.2. The summed E-state index contributed by atoms with van der Waals surface area (Å²) in [7, 11) is 4.72. The zero-order chi connectivity index (χ0) is 30.1. The first-order valence-electron chi connectivity index (χ1n) is 13.7. The molecule has 1 aliphatic carbocycles. The predicted molar refractivity (Wildman–Crippen MR) is 158 cm³/mol. The van der Waals surface area contributed by atoms with Gasteiger partial charge in [-0.25, -0.2) is 0 Å². The molecule has 0 spiro atoms. The van der Waals surface area contributed by atoms with E-state index < -0.39 is 23.2 Å². The molecule has 1 aliphatic heterocycles. The molecule has 7 rings (SSSR count). The molecular formula is C34H27F2N3O4. The molecule has 4 aromatic carbocycles. The predicted octanol–water partition coefficient (Wildman–Crippen LogP) is 6.98. The van der Waals surface area contributed by atoms with Gasteiger partial charge in [0.25, 0.3) is 0 Å². The lowest BCUT2D eigenvalue weighted by atomic mass is 9.77. The first-order chi connectivity index (χ1) is 20.7. The number of rotatable bonds is 5. The van der Waals surface area contributed by atoms with Crippen LogP contribution in [0.2, 0.25) is 0 Å². The topological polar surface area (TPSA) is 75.6 Å². The number of benzene rings is 4. The van der Waals surface area contributed by atoms with Crippen LogP contribution in [-0.4, -0.2) is 36.3 Å². The molecule has 0 radical (unpaired) electrons. The van der Waals surface area contributed by atoms with Crippen molar-refractivity contribution in [3.05, 3.63) is 107 Å². The maximum absolute atomic E-state index is 14.5. The molecule has 9 heteroatoms. The van der Waals surface area contributed by atoms with Crippen molar-refractivity contribution in [2.24, 2.45) is 0 Å². The molecule has 0 bridgehead atoms. The van der Waals surface area contributed by atoms with E-state index in [-0.39, 0.29) is 5.82 Å². The molecule has 216 valence electrons. The van der Waals surface area contributed by atoms with E-state index >= 15 is 0 Å². The Morgan fingerprint density at radius 2 is 1.42 bits per heavy atom. The smallest absolute Gasteiger partial charge is 0.314 e. The molecule has 0 saturated carbocycles. The molecule has 2 aliphatic rings. The standard InChI is InChI=1S/C34H27F2N3O4/c1-33(2)24-9-7-6-8-20(24)27-22-16-25(41-4)26(42-5)17-23(22)29-21(28(27)33)14-15-34(43-29,18-10-12-19(40-3)13-11-18)30-37-31(35)39-32(36)38-30/h6-17H,1-5H3. The van der Waals surface area contributed by atoms with Crippen LogP contribution >= 0.6 is 0 Å². The largest absolute Gasteiger partial charge is 0.497 e. The molecule has 7 nitrogen and oxygen atoms in total. The lowest BCUT2D eigenvalue weighted by Crippen LogP contribution is -2.37. The number of aromatic nitrogens is 3. The highest BCUT2D eigenvalue weighted by molar-refractivity contribution is 6.09. The summed E-state index contributed by atoms with van der Waals surface area (Å²) in [6.45, 7) is 4.36. The summed E-state index contributed by atoms with van der Waals surface area (Å²) in [6.07, 6.45) is 1.18. The Labute approximate surface area is 246 Å². The minimum atomic E-state index is -1.60. The number of fused-ring (bicyclic) bond motifs is 8. The molecule has 43 heavy (non-hydrogen) atoms. The van der Waals surface area contributed by atoms with Crippen LogP contribution in [0, 0.1) is 12.2 Å². The highest BCUT2D eigenvalue weighted by Crippen LogP contribution is 2.58. The number of methoxy groups -OCH3 is 3. The third kappa shape index (κ3) is 3.80. The van der Waals surface area contributed by atoms with Gasteiger partial charge in [-0.2, -0.15) is 23.7 Å². The van der Waals surface area contributed by atoms with Crippen molar-refractivity contribution in [3.63, 3.8) is 0 Å². The van der Waals surface area contributed by atoms with E-state index in [0.717, 1.165) is 33.0 Å². The summed E-state index contributed by atoms with van der Waals surface area (Å²) in [5, 5.41) is 1.62. The average molecular weight is 580 g/mol. The fraction of sp³-hybridized carbons (Fsp3) is 0.206. The van der Waals surface area contributed by atoms with E-state index in [4.69, 9.17) is 18.9 Å². The highest BCUT2D eigenvalue weighted by Gasteiger charge is 2.46. The molecule has 5 aromatic rings. The Hall–Kier alpha value is -5.05. The van der Waals surface area contributed by atoms with Crippen LogP contribution in [0.3, 0.4) is 0 Å². The van der Waals surface area contributed by atoms with Crippen LogP contribution in [0.4, 0.5) is 8.78 Å². The summed E-state index contributed by atoms with van der Waals surface area (Å²) in [5.41, 5.74) is 3.81. The van der Waals surface area contributed by atoms with Crippen molar-refractivity contribution in [1.29, 1.82) is 0 Å². The lowest BCUT2D eigenvalue weighted by Gasteiger charge is -2.37. The summed E-state index contributed by atoms with van der Waals surface area (Å²) in [5.74, 6) is 1.94. The molecule has 0 amide bonds. The molecule has 2 heterocycles. The van der Waals surface area contributed by atoms with Gasteiger partial charge in [0, 0.05) is 21.9 Å². The number of ether oxygens (including phenoxy) is 4. The zero-order valence-electron chi connectivity index (χ0n) is 24.2. The average Bonchev–Trinajstić information content (AvgIpc) is 3.26. The number of hydrogen-bond acceptors (Lipinski definition) is 7. The second-order valence-corrected chi connectivity index (χ2v) is 11.0. The monoisotopic (exact) mass is 579 g/mol. The minimum Gasteiger partial charge on any atom is -0.497 e. The van der Waals surface area contributed by atoms with Crippen molar-refractivity contribution in [3.8, 4) is 34.1 Å². The fourth-order valence-corrected chi connectivity index (χ4v) is 6.51. The van der Waals surface area contributed by atoms with Crippen LogP contribution in [0.1, 0.15) is 41.9 Å². The Bertz CT molecular complexity index is 1950. The lowest BCUT2D eigenvalue weighted by molar-refractivity contribution is 0.148. The molecule has 1 unspecified atom stereocenters. The van der Waals surface area contributed by atoms with Gasteiger partial charge in [0.2, 0.25) is 5.60 Å². The van der Waals surface area contributed by atoms with Gasteiger partial charge in [-0.1, -0.05) is 56.3 Å². The Morgan fingerprint density at radius 1 is 0.767 bits per heavy atom. The maximum Gasteiger partial charge on any atom is 0.314 e. The van der Waals surface area contributed by atoms with E-state index in [9.17, 15) is 8.78 Å². The summed E-state index contributed by atoms with van der Waals surface area (Å²) in [4.78, 5) is 11.0. The SMILES string of the molecule is COc1ccc(C2(c3nc(F)nc(F)n3)C=Cc3c4c(c5cc(OC)c(OC)cc5c3O2)-c2ccccc2C4(C)C)cc1. The summed E-state index contributed by atoms with van der Waals surface area (Å²) in [6, 6.07) is 19.1. The Kier molecular flexibility index (Phi) is 5.92. The molecule has 0 N–H and O–H groups in total. The van der Waals surface area contributed by atoms with Gasteiger partial charge in [-0.15, -0.1) is 0 Å². The van der Waals surface area contributed by atoms with E-state index in [1.807, 2.05) is 30.3 Å². The Morgan fingerprint density at radius 3 is 2.07 bits per heavy atom. The Balaban J connectivity index is 1.59. The van der Waals surface area contributed by atoms with Gasteiger partial charge in [-0.3, -0.25) is 0 Å². The van der Waals surface area contributed by atoms with Crippen LogP contribution < -0.4 is 18.9 Å². The van der Waals surface area contributed by atoms with Crippen molar-refractivity contribution < 1.29 is 27.7 Å². The van der Waals surface area contributed by atoms with E-state index in [0.29, 0.717) is 28.6 Å². The molecule has 1 aromatic heterocycles. The minimum absolute atomic E-state index is 0.235. The number of nitrogens with zero attached hydrogens (tertiary/aromatic N) is 3. The number of hydrogen-bond donors (Lipinski definition) is 0. The number of halogens is 2. The van der Waals surface area contributed by atoms with Crippen LogP contribution in [0.15, 0.2) is 66.7 Å². The van der Waals surface area contributed by atoms with E-state index in [1.54, 1.807) is 51.7 Å². The fourth-order valence-electron chi connectivity index (χ4n) is 6.51. The van der Waals surface area contributed by atoms with Gasteiger partial charge in [-0.05, 0) is 58.0 Å². The summed E-state index contributed by atoms with van der Waals surface area (Å²) >= 11 is 0. The molecular weight excluding hydrogens is 552 g/mol. The first-order valence-corrected chi connectivity index (χ1v) is 13.7. The van der Waals surface area contributed by atoms with Crippen LogP contribution in [-0.2, 0) is 11.0 Å². The van der Waals surface area contributed by atoms with Crippen LogP contribution in [0.25, 0.3) is 28.0 Å². The van der Waals surface area contributed by atoms with Gasteiger partial charge in [0.1, 0.15) is 11.5 Å². The molecule has 1 atom stereocenters. The maximum atomic E-state index is 14.5. The van der Waals surface area contributed by atoms with Crippen molar-refractivity contribution in [2.75, 3.05) is 21.3 Å². The third-order valence-corrected chi connectivity index (χ3v) is 8.48. The quantitative estimate of drug-likeness (QED) is 0.222. The van der Waals surface area contributed by atoms with Crippen molar-refractivity contribution >= 4 is 16.8 Å². The van der Waals surface area contributed by atoms with Crippen molar-refractivity contribution in [2.45, 2.75) is 24.9 Å². The van der Waals surface area contributed by atoms with Gasteiger partial charge >= 0.3 is 12.2 Å². The van der Waals surface area contributed by atoms with E-state index in [1.165, 1.54) is 5.56 Å². The second-order valence-electron chi connectivity index (χ2n) is 11.0. The first kappa shape index (κ1) is 26.8. The van der Waals surface area contributed by atoms with E-state index in [2.05, 4.69) is 40.9 Å². The van der Waals surface area contributed by atoms with Gasteiger partial charge in [0.15, 0.2) is 17.3 Å². The highest BCUT2D eigenvalue weighted by atomic mass is 19.1. The normalized spacial score (nSPS) is 17.6. The molecule has 0 saturated heterocycles. The second kappa shape index (κ2) is 9.49. The third-order valence-electron chi connectivity index (χ3n) is 8.48. The molecule has 0 fully saturated rings. The van der Waals surface area contributed by atoms with Gasteiger partial charge < -0.3 is 18.9 Å². The van der Waals surface area contributed by atoms with Crippen molar-refractivity contribution in [1.82, 2.24) is 15.0 Å². The van der Waals surface area contributed by atoms with Gasteiger partial charge in [0.05, 0.1) is 21.3 Å². The van der Waals surface area contributed by atoms with Crippen LogP contribution in [0.5, 0.6) is 23.0 Å².